The maximum atomic E-state index is 14.1. The van der Waals surface area contributed by atoms with Crippen molar-refractivity contribution in [2.75, 3.05) is 31.6 Å². The third kappa shape index (κ3) is 5.99. The second-order valence-corrected chi connectivity index (χ2v) is 12.7. The number of aromatic amines is 1. The van der Waals surface area contributed by atoms with E-state index in [-0.39, 0.29) is 39.6 Å². The Kier molecular flexibility index (Phi) is 9.42. The number of aromatic nitrogens is 1. The highest BCUT2D eigenvalue weighted by molar-refractivity contribution is 7.99. The number of methoxy groups -OCH3 is 1. The maximum absolute atomic E-state index is 14.1. The van der Waals surface area contributed by atoms with E-state index in [0.29, 0.717) is 42.4 Å². The fourth-order valence-corrected chi connectivity index (χ4v) is 7.40. The number of nitrogens with one attached hydrogen (secondary N) is 1. The van der Waals surface area contributed by atoms with Gasteiger partial charge in [-0.05, 0) is 66.8 Å². The number of pyridine rings is 1. The summed E-state index contributed by atoms with van der Waals surface area (Å²) in [5.74, 6) is -0.116. The minimum atomic E-state index is -3.90. The number of fused-ring (bicyclic) bond motifs is 1. The number of carbonyl (C=O) groups excluding carboxylic acids is 2. The van der Waals surface area contributed by atoms with Gasteiger partial charge in [0.15, 0.2) is 0 Å². The molecule has 5 rings (SSSR count). The van der Waals surface area contributed by atoms with Gasteiger partial charge in [0.1, 0.15) is 17.0 Å². The largest absolute Gasteiger partial charge is 0.494 e. The van der Waals surface area contributed by atoms with Crippen molar-refractivity contribution in [3.8, 4) is 5.75 Å². The van der Waals surface area contributed by atoms with Crippen molar-refractivity contribution in [3.05, 3.63) is 78.7 Å². The van der Waals surface area contributed by atoms with Gasteiger partial charge in [0.25, 0.3) is 11.5 Å². The lowest BCUT2D eigenvalue weighted by Crippen LogP contribution is -2.49. The Morgan fingerprint density at radius 1 is 1.11 bits per heavy atom. The van der Waals surface area contributed by atoms with Crippen LogP contribution >= 0.6 is 46.6 Å². The highest BCUT2D eigenvalue weighted by atomic mass is 35.5. The van der Waals surface area contributed by atoms with Gasteiger partial charge in [0.2, 0.25) is 0 Å². The SMILES string of the molecule is CCc1c2c(cc(N3CCCN(CC)C3=O)c1OC)CN(C(=O)c1c(Sc3c(Cl)cccc3Cl)cc(C(F)(F)Cl)[nH]c1=O)C2. The summed E-state index contributed by atoms with van der Waals surface area (Å²) < 4.78 is 34.1. The van der Waals surface area contributed by atoms with E-state index in [1.165, 1.54) is 4.90 Å². The molecule has 8 nitrogen and oxygen atoms in total. The van der Waals surface area contributed by atoms with Crippen LogP contribution in [0.1, 0.15) is 53.0 Å². The fraction of sp³-hybridized carbons (Fsp3) is 0.367. The zero-order valence-electron chi connectivity index (χ0n) is 24.1. The lowest BCUT2D eigenvalue weighted by atomic mass is 9.98. The monoisotopic (exact) mass is 684 g/mol. The molecule has 0 radical (unpaired) electrons. The molecule has 2 aromatic carbocycles. The molecule has 2 aliphatic rings. The van der Waals surface area contributed by atoms with Gasteiger partial charge < -0.3 is 19.5 Å². The number of anilines is 1. The van der Waals surface area contributed by atoms with Gasteiger partial charge in [-0.3, -0.25) is 14.5 Å². The Balaban J connectivity index is 1.56. The highest BCUT2D eigenvalue weighted by Crippen LogP contribution is 2.44. The van der Waals surface area contributed by atoms with Gasteiger partial charge in [-0.15, -0.1) is 0 Å². The molecule has 234 valence electrons. The molecule has 3 amide bonds. The van der Waals surface area contributed by atoms with Gasteiger partial charge in [0.05, 0.1) is 22.8 Å². The number of ether oxygens (including phenoxy) is 1. The zero-order valence-corrected chi connectivity index (χ0v) is 27.2. The third-order valence-corrected chi connectivity index (χ3v) is 10.00. The van der Waals surface area contributed by atoms with Gasteiger partial charge in [-0.1, -0.05) is 48.0 Å². The van der Waals surface area contributed by atoms with Crippen LogP contribution in [0, 0.1) is 0 Å². The van der Waals surface area contributed by atoms with Crippen LogP contribution in [-0.4, -0.2) is 53.5 Å². The molecule has 0 atom stereocenters. The summed E-state index contributed by atoms with van der Waals surface area (Å²) >= 11 is 18.8. The molecule has 44 heavy (non-hydrogen) atoms. The molecule has 1 aromatic heterocycles. The van der Waals surface area contributed by atoms with Crippen LogP contribution in [0.15, 0.2) is 44.9 Å². The smallest absolute Gasteiger partial charge is 0.362 e. The summed E-state index contributed by atoms with van der Waals surface area (Å²) in [6, 6.07) is 7.44. The standard InChI is InChI=1S/C30H29Cl3F2N4O4S/c1-4-17-18-15-38(14-16(18)12-21(25(17)43-3)39-11-7-10-37(5-2)29(39)42)28(41)24-22(13-23(30(33,34)35)36-27(24)40)44-26-19(31)8-6-9-20(26)32/h6,8-9,12-13H,4-5,7,10-11,14-15H2,1-3H3,(H,36,40). The van der Waals surface area contributed by atoms with Crippen molar-refractivity contribution in [2.24, 2.45) is 0 Å². The molecule has 1 saturated heterocycles. The Bertz CT molecular complexity index is 1680. The van der Waals surface area contributed by atoms with Crippen molar-refractivity contribution in [1.29, 1.82) is 0 Å². The number of amides is 3. The van der Waals surface area contributed by atoms with Crippen LogP contribution in [0.3, 0.4) is 0 Å². The lowest BCUT2D eigenvalue weighted by Gasteiger charge is -2.36. The first-order chi connectivity index (χ1) is 20.9. The average Bonchev–Trinajstić information content (AvgIpc) is 3.41. The summed E-state index contributed by atoms with van der Waals surface area (Å²) in [6.07, 6.45) is 1.36. The molecular formula is C30H29Cl3F2N4O4S. The molecule has 2 aliphatic heterocycles. The Morgan fingerprint density at radius 3 is 2.43 bits per heavy atom. The fourth-order valence-electron chi connectivity index (χ4n) is 5.66. The van der Waals surface area contributed by atoms with E-state index in [4.69, 9.17) is 39.5 Å². The van der Waals surface area contributed by atoms with Crippen LogP contribution in [0.25, 0.3) is 0 Å². The van der Waals surface area contributed by atoms with Crippen molar-refractivity contribution in [2.45, 2.75) is 55.0 Å². The summed E-state index contributed by atoms with van der Waals surface area (Å²) in [5.41, 5.74) is 0.876. The van der Waals surface area contributed by atoms with E-state index in [0.717, 1.165) is 40.9 Å². The number of urea groups is 1. The average molecular weight is 686 g/mol. The topological polar surface area (TPSA) is 85.9 Å². The number of halogens is 5. The number of nitrogens with zero attached hydrogens (tertiary/aromatic N) is 3. The molecule has 0 bridgehead atoms. The van der Waals surface area contributed by atoms with E-state index >= 15 is 0 Å². The molecule has 3 aromatic rings. The van der Waals surface area contributed by atoms with Crippen molar-refractivity contribution in [1.82, 2.24) is 14.8 Å². The van der Waals surface area contributed by atoms with E-state index in [9.17, 15) is 23.2 Å². The molecule has 0 spiro atoms. The molecule has 14 heteroatoms. The summed E-state index contributed by atoms with van der Waals surface area (Å²) in [5, 5.41) is -3.46. The predicted molar refractivity (Wildman–Crippen MR) is 168 cm³/mol. The quantitative estimate of drug-likeness (QED) is 0.248. The first-order valence-corrected chi connectivity index (χ1v) is 15.9. The number of hydrogen-bond donors (Lipinski definition) is 1. The second-order valence-electron chi connectivity index (χ2n) is 10.3. The third-order valence-electron chi connectivity index (χ3n) is 7.76. The summed E-state index contributed by atoms with van der Waals surface area (Å²) in [6.45, 7) is 5.93. The minimum Gasteiger partial charge on any atom is -0.494 e. The van der Waals surface area contributed by atoms with Crippen molar-refractivity contribution in [3.63, 3.8) is 0 Å². The zero-order chi connectivity index (χ0) is 31.9. The first-order valence-electron chi connectivity index (χ1n) is 13.9. The second kappa shape index (κ2) is 12.8. The van der Waals surface area contributed by atoms with Crippen LogP contribution in [0.5, 0.6) is 5.75 Å². The number of rotatable bonds is 8. The first kappa shape index (κ1) is 32.4. The number of hydrogen-bond acceptors (Lipinski definition) is 5. The van der Waals surface area contributed by atoms with Crippen LogP contribution < -0.4 is 15.2 Å². The van der Waals surface area contributed by atoms with Gasteiger partial charge in [-0.25, -0.2) is 4.79 Å². The van der Waals surface area contributed by atoms with E-state index < -0.39 is 22.5 Å². The normalized spacial score (nSPS) is 15.2. The molecule has 0 unspecified atom stereocenters. The molecule has 1 N–H and O–H groups in total. The number of alkyl halides is 3. The molecule has 1 fully saturated rings. The van der Waals surface area contributed by atoms with Gasteiger partial charge in [-0.2, -0.15) is 8.78 Å². The van der Waals surface area contributed by atoms with E-state index in [2.05, 4.69) is 4.98 Å². The summed E-state index contributed by atoms with van der Waals surface area (Å²) in [7, 11) is 1.55. The van der Waals surface area contributed by atoms with E-state index in [1.807, 2.05) is 19.9 Å². The van der Waals surface area contributed by atoms with Gasteiger partial charge in [0, 0.05) is 48.1 Å². The molecule has 0 aliphatic carbocycles. The molecular weight excluding hydrogens is 657 g/mol. The number of benzene rings is 2. The van der Waals surface area contributed by atoms with Crippen molar-refractivity contribution < 1.29 is 23.1 Å². The lowest BCUT2D eigenvalue weighted by molar-refractivity contribution is 0.0740. The van der Waals surface area contributed by atoms with Crippen molar-refractivity contribution >= 4 is 64.2 Å². The Labute approximate surface area is 272 Å². The van der Waals surface area contributed by atoms with E-state index in [1.54, 1.807) is 35.1 Å². The number of H-pyrrole nitrogens is 1. The summed E-state index contributed by atoms with van der Waals surface area (Å²) in [4.78, 5) is 47.8. The Hall–Kier alpha value is -2.99. The van der Waals surface area contributed by atoms with Crippen LogP contribution in [-0.2, 0) is 24.9 Å². The van der Waals surface area contributed by atoms with Gasteiger partial charge >= 0.3 is 11.4 Å². The Morgan fingerprint density at radius 2 is 1.82 bits per heavy atom. The van der Waals surface area contributed by atoms with Crippen LogP contribution in [0.2, 0.25) is 10.0 Å². The predicted octanol–water partition coefficient (Wildman–Crippen LogP) is 7.50. The maximum Gasteiger partial charge on any atom is 0.362 e. The highest BCUT2D eigenvalue weighted by Gasteiger charge is 2.37. The molecule has 0 saturated carbocycles. The molecule has 3 heterocycles. The number of carbonyl (C=O) groups is 2. The van der Waals surface area contributed by atoms with Crippen LogP contribution in [0.4, 0.5) is 19.3 Å². The minimum absolute atomic E-state index is 0.0763.